The topological polar surface area (TPSA) is 133 Å². The standard InChI is InChI=1S/C27H34ClN5O5S/c1-16(2)39(36,37)23-9-7-6-8-20(23)30-25-19(28)14-29-26(32-25)31-21-12-17-10-11-33(24(35)15-34)27(3,4)18(17)13-22(21)38-5/h6-9,12-13,16,19,34H,10-11,14-15H2,1-5H3,(H2,29,30,31,32). The van der Waals surface area contributed by atoms with Gasteiger partial charge >= 0.3 is 0 Å². The van der Waals surface area contributed by atoms with E-state index in [4.69, 9.17) is 16.3 Å². The molecule has 2 aliphatic rings. The maximum absolute atomic E-state index is 12.9. The molecular formula is C27H34ClN5O5S. The first-order chi connectivity index (χ1) is 18.4. The number of amidine groups is 1. The van der Waals surface area contributed by atoms with E-state index in [0.29, 0.717) is 41.9 Å². The Labute approximate surface area is 234 Å². The van der Waals surface area contributed by atoms with Crippen molar-refractivity contribution in [1.29, 1.82) is 0 Å². The van der Waals surface area contributed by atoms with E-state index in [9.17, 15) is 18.3 Å². The van der Waals surface area contributed by atoms with Crippen molar-refractivity contribution in [2.45, 2.75) is 55.2 Å². The Morgan fingerprint density at radius 1 is 1.23 bits per heavy atom. The zero-order valence-corrected chi connectivity index (χ0v) is 24.2. The Kier molecular flexibility index (Phi) is 8.25. The molecule has 3 N–H and O–H groups in total. The molecule has 0 fully saturated rings. The molecule has 2 aliphatic heterocycles. The van der Waals surface area contributed by atoms with Crippen LogP contribution in [0.1, 0.15) is 38.8 Å². The van der Waals surface area contributed by atoms with E-state index in [1.54, 1.807) is 50.1 Å². The van der Waals surface area contributed by atoms with Crippen molar-refractivity contribution in [3.63, 3.8) is 0 Å². The van der Waals surface area contributed by atoms with Crippen molar-refractivity contribution in [3.05, 3.63) is 47.5 Å². The van der Waals surface area contributed by atoms with Crippen molar-refractivity contribution >= 4 is 50.5 Å². The van der Waals surface area contributed by atoms with Gasteiger partial charge in [0.25, 0.3) is 0 Å². The molecule has 2 aromatic carbocycles. The molecule has 12 heteroatoms. The van der Waals surface area contributed by atoms with Crippen LogP contribution in [-0.4, -0.2) is 73.6 Å². The minimum atomic E-state index is -3.54. The zero-order chi connectivity index (χ0) is 28.5. The molecule has 1 amide bonds. The monoisotopic (exact) mass is 575 g/mol. The summed E-state index contributed by atoms with van der Waals surface area (Å²) < 4.78 is 31.4. The number of carbonyl (C=O) groups excluding carboxylic acids is 1. The molecule has 0 spiro atoms. The number of aliphatic hydroxyl groups is 1. The molecule has 2 aromatic rings. The number of ether oxygens (including phenoxy) is 1. The first-order valence-corrected chi connectivity index (χ1v) is 14.6. The highest BCUT2D eigenvalue weighted by molar-refractivity contribution is 7.92. The van der Waals surface area contributed by atoms with Crippen molar-refractivity contribution in [1.82, 2.24) is 4.90 Å². The number of fused-ring (bicyclic) bond motifs is 1. The number of halogens is 1. The minimum absolute atomic E-state index is 0.177. The largest absolute Gasteiger partial charge is 0.495 e. The predicted octanol–water partition coefficient (Wildman–Crippen LogP) is 3.39. The Hall–Kier alpha value is -3.15. The quantitative estimate of drug-likeness (QED) is 0.450. The van der Waals surface area contributed by atoms with Crippen LogP contribution in [0.25, 0.3) is 0 Å². The molecule has 39 heavy (non-hydrogen) atoms. The number of aliphatic hydroxyl groups excluding tert-OH is 1. The number of nitrogens with one attached hydrogen (secondary N) is 2. The number of alkyl halides is 1. The molecular weight excluding hydrogens is 542 g/mol. The Morgan fingerprint density at radius 2 is 1.95 bits per heavy atom. The van der Waals surface area contributed by atoms with Gasteiger partial charge in [-0.1, -0.05) is 12.1 Å². The molecule has 4 rings (SSSR count). The first kappa shape index (κ1) is 28.8. The Morgan fingerprint density at radius 3 is 2.62 bits per heavy atom. The number of carbonyl (C=O) groups is 1. The number of hydrogen-bond donors (Lipinski definition) is 3. The number of sulfone groups is 1. The summed E-state index contributed by atoms with van der Waals surface area (Å²) in [6.45, 7) is 7.32. The van der Waals surface area contributed by atoms with E-state index in [2.05, 4.69) is 20.6 Å². The van der Waals surface area contributed by atoms with Gasteiger partial charge in [0.15, 0.2) is 9.84 Å². The molecule has 2 heterocycles. The van der Waals surface area contributed by atoms with Crippen molar-refractivity contribution in [3.8, 4) is 5.75 Å². The molecule has 0 saturated heterocycles. The van der Waals surface area contributed by atoms with Gasteiger partial charge in [-0.25, -0.2) is 13.4 Å². The molecule has 0 saturated carbocycles. The van der Waals surface area contributed by atoms with Gasteiger partial charge in [0.05, 0.1) is 40.7 Å². The first-order valence-electron chi connectivity index (χ1n) is 12.7. The molecule has 10 nitrogen and oxygen atoms in total. The summed E-state index contributed by atoms with van der Waals surface area (Å²) in [6.07, 6.45) is 0.608. The van der Waals surface area contributed by atoms with Crippen LogP contribution in [0.4, 0.5) is 11.4 Å². The van der Waals surface area contributed by atoms with Crippen LogP contribution in [0, 0.1) is 0 Å². The van der Waals surface area contributed by atoms with E-state index in [1.807, 2.05) is 26.0 Å². The van der Waals surface area contributed by atoms with E-state index in [0.717, 1.165) is 11.1 Å². The molecule has 210 valence electrons. The highest BCUT2D eigenvalue weighted by Gasteiger charge is 2.38. The van der Waals surface area contributed by atoms with Gasteiger partial charge in [0.1, 0.15) is 23.6 Å². The van der Waals surface area contributed by atoms with Crippen molar-refractivity contribution in [2.75, 3.05) is 37.4 Å². The second-order valence-electron chi connectivity index (χ2n) is 10.2. The van der Waals surface area contributed by atoms with Crippen LogP contribution in [-0.2, 0) is 26.6 Å². The minimum Gasteiger partial charge on any atom is -0.495 e. The van der Waals surface area contributed by atoms with Crippen LogP contribution in [0.3, 0.4) is 0 Å². The number of hydrogen-bond acceptors (Lipinski definition) is 9. The average Bonchev–Trinajstić information content (AvgIpc) is 2.90. The maximum Gasteiger partial charge on any atom is 0.248 e. The maximum atomic E-state index is 12.9. The fourth-order valence-electron chi connectivity index (χ4n) is 4.82. The second-order valence-corrected chi connectivity index (χ2v) is 13.2. The number of guanidine groups is 1. The smallest absolute Gasteiger partial charge is 0.248 e. The third-order valence-electron chi connectivity index (χ3n) is 7.05. The molecule has 0 bridgehead atoms. The summed E-state index contributed by atoms with van der Waals surface area (Å²) in [5.41, 5.74) is 2.37. The molecule has 0 aromatic heterocycles. The molecule has 0 radical (unpaired) electrons. The van der Waals surface area contributed by atoms with Crippen LogP contribution in [0.15, 0.2) is 51.3 Å². The SMILES string of the molecule is COc1cc2c(cc1NC1=NCC(Cl)C(Nc3ccccc3S(=O)(=O)C(C)C)=N1)CCN(C(=O)CO)C2(C)C. The van der Waals surface area contributed by atoms with E-state index in [-0.39, 0.29) is 17.3 Å². The van der Waals surface area contributed by atoms with Crippen LogP contribution in [0.2, 0.25) is 0 Å². The third-order valence-corrected chi connectivity index (χ3v) is 9.60. The van der Waals surface area contributed by atoms with Gasteiger partial charge in [-0.15, -0.1) is 11.6 Å². The van der Waals surface area contributed by atoms with Crippen LogP contribution < -0.4 is 15.4 Å². The van der Waals surface area contributed by atoms with Gasteiger partial charge in [-0.3, -0.25) is 4.79 Å². The summed E-state index contributed by atoms with van der Waals surface area (Å²) in [6, 6.07) is 10.5. The number of rotatable bonds is 6. The number of nitrogens with zero attached hydrogens (tertiary/aromatic N) is 3. The number of amides is 1. The zero-order valence-electron chi connectivity index (χ0n) is 22.7. The predicted molar refractivity (Wildman–Crippen MR) is 154 cm³/mol. The lowest BCUT2D eigenvalue weighted by Crippen LogP contribution is -2.51. The van der Waals surface area contributed by atoms with Crippen molar-refractivity contribution in [2.24, 2.45) is 9.98 Å². The molecule has 0 aliphatic carbocycles. The van der Waals surface area contributed by atoms with E-state index < -0.39 is 32.6 Å². The number of para-hydroxylation sites is 1. The molecule has 1 unspecified atom stereocenters. The van der Waals surface area contributed by atoms with E-state index >= 15 is 0 Å². The van der Waals surface area contributed by atoms with Crippen LogP contribution in [0.5, 0.6) is 5.75 Å². The second kappa shape index (κ2) is 11.1. The highest BCUT2D eigenvalue weighted by atomic mass is 35.5. The average molecular weight is 576 g/mol. The normalized spacial score (nSPS) is 18.7. The fourth-order valence-corrected chi connectivity index (χ4v) is 6.20. The lowest BCUT2D eigenvalue weighted by molar-refractivity contribution is -0.140. The number of anilines is 2. The Bertz CT molecular complexity index is 1440. The fraction of sp³-hybridized carbons (Fsp3) is 0.444. The molecule has 1 atom stereocenters. The van der Waals surface area contributed by atoms with Gasteiger partial charge in [-0.05, 0) is 69.5 Å². The van der Waals surface area contributed by atoms with E-state index in [1.165, 1.54) is 0 Å². The van der Waals surface area contributed by atoms with Crippen LogP contribution >= 0.6 is 11.6 Å². The summed E-state index contributed by atoms with van der Waals surface area (Å²) in [7, 11) is -1.98. The summed E-state index contributed by atoms with van der Waals surface area (Å²) in [5.74, 6) is 0.880. The summed E-state index contributed by atoms with van der Waals surface area (Å²) in [5, 5.41) is 14.6. The number of aliphatic imine (C=N–C) groups is 2. The lowest BCUT2D eigenvalue weighted by atomic mass is 9.82. The lowest BCUT2D eigenvalue weighted by Gasteiger charge is -2.44. The Balaban J connectivity index is 1.63. The summed E-state index contributed by atoms with van der Waals surface area (Å²) in [4.78, 5) is 23.2. The van der Waals surface area contributed by atoms with Gasteiger partial charge in [0.2, 0.25) is 11.9 Å². The third kappa shape index (κ3) is 5.61. The highest BCUT2D eigenvalue weighted by Crippen LogP contribution is 2.40. The van der Waals surface area contributed by atoms with Crippen molar-refractivity contribution < 1.29 is 23.1 Å². The number of methoxy groups -OCH3 is 1. The summed E-state index contributed by atoms with van der Waals surface area (Å²) >= 11 is 6.51. The van der Waals surface area contributed by atoms with Gasteiger partial charge in [-0.2, -0.15) is 4.99 Å². The van der Waals surface area contributed by atoms with Gasteiger partial charge in [0, 0.05) is 6.54 Å². The van der Waals surface area contributed by atoms with Gasteiger partial charge < -0.3 is 25.4 Å². The number of benzene rings is 2.